The number of rotatable bonds is 7. The van der Waals surface area contributed by atoms with Crippen LogP contribution in [0.1, 0.15) is 44.9 Å². The summed E-state index contributed by atoms with van der Waals surface area (Å²) in [5.41, 5.74) is 0.868. The predicted octanol–water partition coefficient (Wildman–Crippen LogP) is 5.81. The van der Waals surface area contributed by atoms with Crippen LogP contribution in [-0.2, 0) is 4.79 Å². The van der Waals surface area contributed by atoms with E-state index in [9.17, 15) is 9.18 Å². The second-order valence-electron chi connectivity index (χ2n) is 10.5. The summed E-state index contributed by atoms with van der Waals surface area (Å²) in [4.78, 5) is 25.7. The lowest BCUT2D eigenvalue weighted by molar-refractivity contribution is -0.137. The second-order valence-corrected chi connectivity index (χ2v) is 10.9. The zero-order valence-corrected chi connectivity index (χ0v) is 23.4. The summed E-state index contributed by atoms with van der Waals surface area (Å²) in [5.74, 6) is 1.28. The molecule has 10 heteroatoms. The van der Waals surface area contributed by atoms with Crippen LogP contribution in [0.2, 0.25) is 5.02 Å². The van der Waals surface area contributed by atoms with Gasteiger partial charge in [0, 0.05) is 31.6 Å². The number of methoxy groups -OCH3 is 1. The minimum absolute atomic E-state index is 0.0202. The Hall–Kier alpha value is -3.17. The molecule has 0 bridgehead atoms. The molecule has 1 aromatic heterocycles. The monoisotopic (exact) mass is 555 g/mol. The van der Waals surface area contributed by atoms with Crippen molar-refractivity contribution >= 4 is 39.9 Å². The molecule has 8 nitrogen and oxygen atoms in total. The van der Waals surface area contributed by atoms with Crippen molar-refractivity contribution in [3.05, 3.63) is 47.5 Å². The van der Waals surface area contributed by atoms with Gasteiger partial charge in [-0.2, -0.15) is 0 Å². The summed E-state index contributed by atoms with van der Waals surface area (Å²) in [6, 6.07) is 8.80. The quantitative estimate of drug-likeness (QED) is 0.394. The number of ether oxygens (including phenoxy) is 2. The number of carbonyl (C=O) groups excluding carboxylic acids is 1. The van der Waals surface area contributed by atoms with Crippen molar-refractivity contribution < 1.29 is 18.7 Å². The third-order valence-corrected chi connectivity index (χ3v) is 8.09. The van der Waals surface area contributed by atoms with E-state index in [4.69, 9.17) is 21.1 Å². The van der Waals surface area contributed by atoms with Gasteiger partial charge in [-0.25, -0.2) is 14.4 Å². The number of piperidine rings is 1. The van der Waals surface area contributed by atoms with Crippen LogP contribution in [0.25, 0.3) is 10.9 Å². The number of amides is 1. The summed E-state index contributed by atoms with van der Waals surface area (Å²) < 4.78 is 26.7. The van der Waals surface area contributed by atoms with Crippen LogP contribution < -0.4 is 14.8 Å². The molecule has 1 aliphatic heterocycles. The van der Waals surface area contributed by atoms with E-state index in [1.807, 2.05) is 26.2 Å². The fourth-order valence-electron chi connectivity index (χ4n) is 5.77. The van der Waals surface area contributed by atoms with Crippen molar-refractivity contribution in [2.75, 3.05) is 33.1 Å². The zero-order chi connectivity index (χ0) is 27.5. The highest BCUT2D eigenvalue weighted by Crippen LogP contribution is 2.38. The Labute approximate surface area is 233 Å². The molecular formula is C29H35ClFN5O3. The number of nitrogens with zero attached hydrogens (tertiary/aromatic N) is 4. The van der Waals surface area contributed by atoms with Crippen molar-refractivity contribution in [3.63, 3.8) is 0 Å². The van der Waals surface area contributed by atoms with E-state index in [-0.39, 0.29) is 28.8 Å². The Bertz CT molecular complexity index is 1330. The lowest BCUT2D eigenvalue weighted by atomic mass is 9.88. The van der Waals surface area contributed by atoms with E-state index in [2.05, 4.69) is 20.2 Å². The number of aromatic nitrogens is 2. The van der Waals surface area contributed by atoms with Crippen LogP contribution in [0.5, 0.6) is 11.5 Å². The molecule has 2 aliphatic rings. The van der Waals surface area contributed by atoms with Crippen LogP contribution in [0.15, 0.2) is 36.7 Å². The van der Waals surface area contributed by atoms with Gasteiger partial charge in [0.05, 0.1) is 35.5 Å². The Morgan fingerprint density at radius 1 is 1.10 bits per heavy atom. The van der Waals surface area contributed by atoms with Gasteiger partial charge in [0.2, 0.25) is 5.91 Å². The van der Waals surface area contributed by atoms with Crippen molar-refractivity contribution in [3.8, 4) is 11.5 Å². The lowest BCUT2D eigenvalue weighted by Gasteiger charge is -2.43. The molecule has 1 N–H and O–H groups in total. The van der Waals surface area contributed by atoms with E-state index in [0.717, 1.165) is 51.5 Å². The number of fused-ring (bicyclic) bond motifs is 1. The largest absolute Gasteiger partial charge is 0.493 e. The van der Waals surface area contributed by atoms with E-state index in [1.165, 1.54) is 12.4 Å². The van der Waals surface area contributed by atoms with Crippen molar-refractivity contribution in [2.45, 2.75) is 63.1 Å². The molecule has 2 aromatic carbocycles. The molecule has 208 valence electrons. The van der Waals surface area contributed by atoms with Gasteiger partial charge >= 0.3 is 0 Å². The highest BCUT2D eigenvalue weighted by molar-refractivity contribution is 6.31. The Balaban J connectivity index is 1.32. The van der Waals surface area contributed by atoms with Crippen LogP contribution in [-0.4, -0.2) is 71.6 Å². The molecule has 1 saturated heterocycles. The topological polar surface area (TPSA) is 79.8 Å². The van der Waals surface area contributed by atoms with E-state index in [1.54, 1.807) is 24.1 Å². The summed E-state index contributed by atoms with van der Waals surface area (Å²) in [6.45, 7) is 0.974. The number of likely N-dealkylation sites (N-methyl/N-ethyl adjacent to an activating group) is 1. The van der Waals surface area contributed by atoms with Gasteiger partial charge < -0.3 is 19.7 Å². The maximum absolute atomic E-state index is 14.6. The van der Waals surface area contributed by atoms with Crippen LogP contribution >= 0.6 is 11.6 Å². The summed E-state index contributed by atoms with van der Waals surface area (Å²) in [5, 5.41) is 3.75. The first-order chi connectivity index (χ1) is 18.9. The number of nitrogens with one attached hydrogen (secondary N) is 1. The highest BCUT2D eigenvalue weighted by Gasteiger charge is 2.36. The maximum Gasteiger partial charge on any atom is 0.239 e. The van der Waals surface area contributed by atoms with E-state index < -0.39 is 5.82 Å². The number of benzene rings is 2. The molecule has 1 aliphatic carbocycles. The average Bonchev–Trinajstić information content (AvgIpc) is 2.95. The van der Waals surface area contributed by atoms with Gasteiger partial charge in [-0.05, 0) is 63.3 Å². The second kappa shape index (κ2) is 11.9. The number of anilines is 2. The molecule has 0 unspecified atom stereocenters. The molecular weight excluding hydrogens is 521 g/mol. The smallest absolute Gasteiger partial charge is 0.239 e. The van der Waals surface area contributed by atoms with Crippen LogP contribution in [0.4, 0.5) is 15.9 Å². The Morgan fingerprint density at radius 3 is 2.64 bits per heavy atom. The molecule has 0 spiro atoms. The zero-order valence-electron chi connectivity index (χ0n) is 22.6. The first-order valence-electron chi connectivity index (χ1n) is 13.5. The van der Waals surface area contributed by atoms with Gasteiger partial charge in [-0.1, -0.05) is 24.1 Å². The maximum atomic E-state index is 14.6. The summed E-state index contributed by atoms with van der Waals surface area (Å²) >= 11 is 5.96. The molecule has 0 radical (unpaired) electrons. The minimum atomic E-state index is -0.545. The molecule has 1 amide bonds. The van der Waals surface area contributed by atoms with E-state index in [0.29, 0.717) is 34.3 Å². The number of carbonyl (C=O) groups is 1. The fraction of sp³-hybridized carbons (Fsp3) is 0.483. The Kier molecular flexibility index (Phi) is 8.37. The molecule has 1 saturated carbocycles. The summed E-state index contributed by atoms with van der Waals surface area (Å²) in [6.07, 6.45) is 8.33. The SMILES string of the molecule is COc1cc2ncnc(Nc3cccc(Cl)c3F)c2cc1O[C@H]1CC[C@H](N2CCCC[C@H]2C(=O)N(C)C)CC1. The molecule has 5 rings (SSSR count). The molecule has 3 aromatic rings. The Morgan fingerprint density at radius 2 is 1.90 bits per heavy atom. The molecule has 39 heavy (non-hydrogen) atoms. The third kappa shape index (κ3) is 5.89. The van der Waals surface area contributed by atoms with Crippen molar-refractivity contribution in [2.24, 2.45) is 0 Å². The van der Waals surface area contributed by atoms with Gasteiger partial charge in [0.15, 0.2) is 17.3 Å². The highest BCUT2D eigenvalue weighted by atomic mass is 35.5. The summed E-state index contributed by atoms with van der Waals surface area (Å²) in [7, 11) is 5.29. The van der Waals surface area contributed by atoms with Gasteiger partial charge in [0.1, 0.15) is 12.1 Å². The van der Waals surface area contributed by atoms with Crippen molar-refractivity contribution in [1.82, 2.24) is 19.8 Å². The first-order valence-corrected chi connectivity index (χ1v) is 13.9. The normalized spacial score (nSPS) is 21.9. The van der Waals surface area contributed by atoms with Gasteiger partial charge in [0.25, 0.3) is 0 Å². The minimum Gasteiger partial charge on any atom is -0.493 e. The van der Waals surface area contributed by atoms with Crippen molar-refractivity contribution in [1.29, 1.82) is 0 Å². The lowest BCUT2D eigenvalue weighted by Crippen LogP contribution is -2.54. The predicted molar refractivity (Wildman–Crippen MR) is 150 cm³/mol. The molecule has 2 fully saturated rings. The van der Waals surface area contributed by atoms with Crippen LogP contribution in [0.3, 0.4) is 0 Å². The van der Waals surface area contributed by atoms with E-state index >= 15 is 0 Å². The first kappa shape index (κ1) is 27.4. The fourth-order valence-corrected chi connectivity index (χ4v) is 5.95. The number of likely N-dealkylation sites (tertiary alicyclic amines) is 1. The third-order valence-electron chi connectivity index (χ3n) is 7.80. The van der Waals surface area contributed by atoms with Crippen LogP contribution in [0, 0.1) is 5.82 Å². The number of hydrogen-bond acceptors (Lipinski definition) is 7. The van der Waals surface area contributed by atoms with Gasteiger partial charge in [-0.3, -0.25) is 9.69 Å². The average molecular weight is 556 g/mol. The standard InChI is InChI=1S/C29H35ClFN5O3/c1-35(2)29(37)24-9-4-5-14-36(24)18-10-12-19(13-11-18)39-26-15-20-23(16-25(26)38-3)32-17-33-28(20)34-22-8-6-7-21(30)27(22)31/h6-8,15-19,24H,4-5,9-14H2,1-3H3,(H,32,33,34)/t18-,19-,24-/m0/s1. The molecule has 2 heterocycles. The number of hydrogen-bond donors (Lipinski definition) is 1. The number of halogens is 2. The van der Waals surface area contributed by atoms with Gasteiger partial charge in [-0.15, -0.1) is 0 Å². The molecule has 1 atom stereocenters.